The number of carbonyl (C=O) groups is 2. The Bertz CT molecular complexity index is 1550. The second kappa shape index (κ2) is 11.4. The molecule has 1 fully saturated rings. The molecule has 2 N–H and O–H groups in total. The van der Waals surface area contributed by atoms with Crippen LogP contribution in [-0.4, -0.2) is 33.4 Å². The van der Waals surface area contributed by atoms with E-state index in [4.69, 9.17) is 13.9 Å². The third-order valence-corrected chi connectivity index (χ3v) is 6.66. The first-order chi connectivity index (χ1) is 19.4. The summed E-state index contributed by atoms with van der Waals surface area (Å²) in [6, 6.07) is 21.7. The number of furan rings is 1. The highest BCUT2D eigenvalue weighted by atomic mass is 16.5. The number of Topliss-reactive ketones (excluding diaryl/α,β-unsaturated/α-hetero) is 1. The molecule has 1 saturated heterocycles. The molecule has 4 aromatic rings. The van der Waals surface area contributed by atoms with Crippen molar-refractivity contribution in [2.75, 3.05) is 6.61 Å². The molecule has 2 heterocycles. The van der Waals surface area contributed by atoms with E-state index in [1.807, 2.05) is 31.2 Å². The highest BCUT2D eigenvalue weighted by molar-refractivity contribution is 6.46. The molecule has 1 aliphatic heterocycles. The van der Waals surface area contributed by atoms with Crippen LogP contribution >= 0.6 is 0 Å². The predicted molar refractivity (Wildman–Crippen MR) is 148 cm³/mol. The van der Waals surface area contributed by atoms with Crippen molar-refractivity contribution in [1.82, 2.24) is 4.90 Å². The SMILES string of the molecule is CCOc1cc([C@H]2/C(=C(\O)c3ccc(OCc4cccc(C)c4)cc3)C(=O)C(=O)N2Cc2ccco2)ccc1O. The van der Waals surface area contributed by atoms with Crippen molar-refractivity contribution >= 4 is 17.4 Å². The van der Waals surface area contributed by atoms with Crippen LogP contribution in [0.1, 0.15) is 41.0 Å². The molecule has 0 aliphatic carbocycles. The van der Waals surface area contributed by atoms with Crippen molar-refractivity contribution in [1.29, 1.82) is 0 Å². The van der Waals surface area contributed by atoms with Crippen LogP contribution in [-0.2, 0) is 22.7 Å². The zero-order valence-corrected chi connectivity index (χ0v) is 22.2. The smallest absolute Gasteiger partial charge is 0.296 e. The first-order valence-corrected chi connectivity index (χ1v) is 12.9. The highest BCUT2D eigenvalue weighted by Gasteiger charge is 2.46. The fourth-order valence-electron chi connectivity index (χ4n) is 4.77. The topological polar surface area (TPSA) is 109 Å². The largest absolute Gasteiger partial charge is 0.507 e. The monoisotopic (exact) mass is 539 g/mol. The average Bonchev–Trinajstić information content (AvgIpc) is 3.56. The summed E-state index contributed by atoms with van der Waals surface area (Å²) in [6.45, 7) is 4.50. The maximum absolute atomic E-state index is 13.3. The van der Waals surface area contributed by atoms with Crippen LogP contribution in [0, 0.1) is 6.92 Å². The maximum Gasteiger partial charge on any atom is 0.296 e. The summed E-state index contributed by atoms with van der Waals surface area (Å²) in [5.41, 5.74) is 2.95. The summed E-state index contributed by atoms with van der Waals surface area (Å²) in [4.78, 5) is 27.9. The molecule has 5 rings (SSSR count). The van der Waals surface area contributed by atoms with Crippen LogP contribution < -0.4 is 9.47 Å². The first kappa shape index (κ1) is 26.6. The summed E-state index contributed by atoms with van der Waals surface area (Å²) in [5, 5.41) is 21.6. The van der Waals surface area contributed by atoms with Crippen LogP contribution in [0.3, 0.4) is 0 Å². The number of ether oxygens (including phenoxy) is 2. The number of amides is 1. The lowest BCUT2D eigenvalue weighted by Gasteiger charge is -2.25. The standard InChI is InChI=1S/C32H29NO7/c1-3-38-27-17-23(11-14-26(27)34)29-28(31(36)32(37)33(29)18-25-8-5-15-39-25)30(35)22-9-12-24(13-10-22)40-19-21-7-4-6-20(2)16-21/h4-17,29,34-35H,3,18-19H2,1-2H3/b30-28+/t29-/m0/s1. The van der Waals surface area contributed by atoms with Crippen LogP contribution in [0.15, 0.2) is 95.1 Å². The lowest BCUT2D eigenvalue weighted by Crippen LogP contribution is -2.29. The second-order valence-electron chi connectivity index (χ2n) is 9.47. The van der Waals surface area contributed by atoms with Gasteiger partial charge in [-0.25, -0.2) is 0 Å². The maximum atomic E-state index is 13.3. The number of hydrogen-bond acceptors (Lipinski definition) is 7. The molecular formula is C32H29NO7. The number of phenols is 1. The van der Waals surface area contributed by atoms with Gasteiger partial charge in [0.2, 0.25) is 0 Å². The minimum atomic E-state index is -0.942. The Hall–Kier alpha value is -4.98. The van der Waals surface area contributed by atoms with Gasteiger partial charge in [-0.05, 0) is 73.5 Å². The van der Waals surface area contributed by atoms with E-state index in [0.717, 1.165) is 11.1 Å². The van der Waals surface area contributed by atoms with E-state index in [1.54, 1.807) is 55.5 Å². The average molecular weight is 540 g/mol. The number of nitrogens with zero attached hydrogens (tertiary/aromatic N) is 1. The van der Waals surface area contributed by atoms with Gasteiger partial charge in [0, 0.05) is 5.56 Å². The molecule has 0 saturated carbocycles. The number of rotatable bonds is 9. The van der Waals surface area contributed by atoms with Crippen molar-refractivity contribution in [2.24, 2.45) is 0 Å². The zero-order valence-electron chi connectivity index (χ0n) is 22.2. The second-order valence-corrected chi connectivity index (χ2v) is 9.47. The Labute approximate surface area is 231 Å². The number of ketones is 1. The van der Waals surface area contributed by atoms with Gasteiger partial charge in [-0.2, -0.15) is 0 Å². The minimum absolute atomic E-state index is 0.00953. The predicted octanol–water partition coefficient (Wildman–Crippen LogP) is 5.89. The van der Waals surface area contributed by atoms with E-state index in [0.29, 0.717) is 35.9 Å². The van der Waals surface area contributed by atoms with E-state index in [-0.39, 0.29) is 29.4 Å². The normalized spacial score (nSPS) is 16.4. The molecule has 40 heavy (non-hydrogen) atoms. The number of aliphatic hydroxyl groups is 1. The Balaban J connectivity index is 1.50. The molecule has 8 nitrogen and oxygen atoms in total. The number of likely N-dealkylation sites (tertiary alicyclic amines) is 1. The lowest BCUT2D eigenvalue weighted by atomic mass is 9.95. The Morgan fingerprint density at radius 2 is 1.77 bits per heavy atom. The highest BCUT2D eigenvalue weighted by Crippen LogP contribution is 2.42. The molecule has 0 radical (unpaired) electrons. The van der Waals surface area contributed by atoms with E-state index in [1.165, 1.54) is 17.2 Å². The summed E-state index contributed by atoms with van der Waals surface area (Å²) in [5.74, 6) is -0.708. The van der Waals surface area contributed by atoms with Crippen molar-refractivity contribution in [3.05, 3.63) is 119 Å². The molecule has 0 unspecified atom stereocenters. The van der Waals surface area contributed by atoms with Gasteiger partial charge in [-0.3, -0.25) is 9.59 Å². The Kier molecular flexibility index (Phi) is 7.59. The molecule has 0 spiro atoms. The van der Waals surface area contributed by atoms with Crippen LogP contribution in [0.2, 0.25) is 0 Å². The molecule has 8 heteroatoms. The van der Waals surface area contributed by atoms with Crippen molar-refractivity contribution in [3.63, 3.8) is 0 Å². The molecular weight excluding hydrogens is 510 g/mol. The molecule has 1 aliphatic rings. The zero-order chi connectivity index (χ0) is 28.2. The number of phenolic OH excluding ortho intramolecular Hbond substituents is 1. The summed E-state index contributed by atoms with van der Waals surface area (Å²) >= 11 is 0. The number of hydrogen-bond donors (Lipinski definition) is 2. The van der Waals surface area contributed by atoms with E-state index in [9.17, 15) is 19.8 Å². The van der Waals surface area contributed by atoms with E-state index in [2.05, 4.69) is 0 Å². The Morgan fingerprint density at radius 3 is 2.48 bits per heavy atom. The molecule has 204 valence electrons. The lowest BCUT2D eigenvalue weighted by molar-refractivity contribution is -0.140. The Morgan fingerprint density at radius 1 is 0.975 bits per heavy atom. The molecule has 1 amide bonds. The van der Waals surface area contributed by atoms with Crippen molar-refractivity contribution in [3.8, 4) is 17.2 Å². The number of aliphatic hydroxyl groups excluding tert-OH is 1. The van der Waals surface area contributed by atoms with Gasteiger partial charge in [-0.15, -0.1) is 0 Å². The minimum Gasteiger partial charge on any atom is -0.507 e. The quantitative estimate of drug-likeness (QED) is 0.155. The van der Waals surface area contributed by atoms with Crippen LogP contribution in [0.25, 0.3) is 5.76 Å². The first-order valence-electron chi connectivity index (χ1n) is 12.9. The van der Waals surface area contributed by atoms with Gasteiger partial charge in [0.15, 0.2) is 11.5 Å². The third kappa shape index (κ3) is 5.42. The summed E-state index contributed by atoms with van der Waals surface area (Å²) in [7, 11) is 0. The number of aryl methyl sites for hydroxylation is 1. The molecule has 0 bridgehead atoms. The van der Waals surface area contributed by atoms with Crippen molar-refractivity contribution < 1.29 is 33.7 Å². The van der Waals surface area contributed by atoms with Crippen LogP contribution in [0.4, 0.5) is 0 Å². The van der Waals surface area contributed by atoms with E-state index >= 15 is 0 Å². The van der Waals surface area contributed by atoms with Gasteiger partial charge in [-0.1, -0.05) is 35.9 Å². The third-order valence-electron chi connectivity index (χ3n) is 6.66. The van der Waals surface area contributed by atoms with Gasteiger partial charge in [0.25, 0.3) is 11.7 Å². The van der Waals surface area contributed by atoms with E-state index < -0.39 is 17.7 Å². The van der Waals surface area contributed by atoms with Crippen molar-refractivity contribution in [2.45, 2.75) is 33.0 Å². The van der Waals surface area contributed by atoms with Gasteiger partial charge in [0.05, 0.1) is 31.0 Å². The summed E-state index contributed by atoms with van der Waals surface area (Å²) < 4.78 is 16.9. The number of carbonyl (C=O) groups excluding carboxylic acids is 2. The summed E-state index contributed by atoms with van der Waals surface area (Å²) in [6.07, 6.45) is 1.48. The molecule has 1 aromatic heterocycles. The molecule has 1 atom stereocenters. The fourth-order valence-corrected chi connectivity index (χ4v) is 4.77. The van der Waals surface area contributed by atoms with Gasteiger partial charge < -0.3 is 29.0 Å². The number of benzene rings is 3. The van der Waals surface area contributed by atoms with Gasteiger partial charge >= 0.3 is 0 Å². The van der Waals surface area contributed by atoms with Crippen LogP contribution in [0.5, 0.6) is 17.2 Å². The van der Waals surface area contributed by atoms with Gasteiger partial charge in [0.1, 0.15) is 23.9 Å². The number of aromatic hydroxyl groups is 1. The molecule has 3 aromatic carbocycles. The fraction of sp³-hybridized carbons (Fsp3) is 0.188.